The highest BCUT2D eigenvalue weighted by Crippen LogP contribution is 2.52. The molecule has 7 nitrogen and oxygen atoms in total. The average Bonchev–Trinajstić information content (AvgIpc) is 3.59. The lowest BCUT2D eigenvalue weighted by molar-refractivity contribution is -0.129. The molecule has 0 aromatic heterocycles. The Morgan fingerprint density at radius 2 is 1.54 bits per heavy atom. The number of rotatable bonds is 9. The lowest BCUT2D eigenvalue weighted by atomic mass is 10.0. The summed E-state index contributed by atoms with van der Waals surface area (Å²) in [6, 6.07) is 23.1. The Hall–Kier alpha value is -4.20. The zero-order chi connectivity index (χ0) is 24.8. The Balaban J connectivity index is 1.50. The van der Waals surface area contributed by atoms with E-state index in [1.165, 1.54) is 12.1 Å². The minimum atomic E-state index is -1.35. The molecule has 2 unspecified atom stereocenters. The minimum absolute atomic E-state index is 0.0313. The van der Waals surface area contributed by atoms with Crippen LogP contribution in [0.15, 0.2) is 84.9 Å². The van der Waals surface area contributed by atoms with Gasteiger partial charge in [-0.2, -0.15) is 0 Å². The fourth-order valence-corrected chi connectivity index (χ4v) is 4.11. The largest absolute Gasteiger partial charge is 0.445 e. The van der Waals surface area contributed by atoms with Crippen LogP contribution in [0.1, 0.15) is 29.0 Å². The van der Waals surface area contributed by atoms with Crippen molar-refractivity contribution in [1.29, 1.82) is 0 Å². The fraction of sp³-hybridized carbons (Fsp3) is 0.222. The molecule has 3 aromatic rings. The summed E-state index contributed by atoms with van der Waals surface area (Å²) in [7, 11) is 0. The number of alkyl carbamates (subject to hydrolysis) is 1. The third kappa shape index (κ3) is 5.84. The second-order valence-corrected chi connectivity index (χ2v) is 8.58. The first kappa shape index (κ1) is 23.9. The van der Waals surface area contributed by atoms with Gasteiger partial charge >= 0.3 is 6.09 Å². The van der Waals surface area contributed by atoms with E-state index in [1.807, 2.05) is 60.7 Å². The maximum Gasteiger partial charge on any atom is 0.408 e. The number of amides is 3. The molecular formula is C27H26FN3O4. The predicted molar refractivity (Wildman–Crippen MR) is 128 cm³/mol. The maximum absolute atomic E-state index is 13.4. The molecule has 0 spiro atoms. The second-order valence-electron chi connectivity index (χ2n) is 8.58. The number of carbonyl (C=O) groups is 3. The monoisotopic (exact) mass is 475 g/mol. The smallest absolute Gasteiger partial charge is 0.408 e. The van der Waals surface area contributed by atoms with Crippen molar-refractivity contribution in [3.8, 4) is 0 Å². The van der Waals surface area contributed by atoms with Crippen LogP contribution >= 0.6 is 0 Å². The molecule has 35 heavy (non-hydrogen) atoms. The van der Waals surface area contributed by atoms with Crippen molar-refractivity contribution in [3.63, 3.8) is 0 Å². The standard InChI is InChI=1S/C27H26FN3O4/c28-21-13-11-20(12-14-21)22-16-27(22,31-26(34)35-17-19-9-5-2-6-10-19)25(33)30-23(24(29)32)15-18-7-3-1-4-8-18/h1-14,22-23H,15-17H2,(H2,29,32)(H,30,33)(H,31,34)/t22?,23-,27?/m0/s1. The third-order valence-electron chi connectivity index (χ3n) is 6.11. The molecule has 3 aromatic carbocycles. The van der Waals surface area contributed by atoms with Crippen LogP contribution in [0.2, 0.25) is 0 Å². The molecule has 0 radical (unpaired) electrons. The molecule has 3 atom stereocenters. The van der Waals surface area contributed by atoms with Crippen molar-refractivity contribution in [2.45, 2.75) is 36.9 Å². The Labute approximate surface area is 202 Å². The van der Waals surface area contributed by atoms with Crippen LogP contribution in [-0.4, -0.2) is 29.5 Å². The summed E-state index contributed by atoms with van der Waals surface area (Å²) in [6.45, 7) is 0.0313. The number of benzene rings is 3. The van der Waals surface area contributed by atoms with E-state index in [-0.39, 0.29) is 19.4 Å². The van der Waals surface area contributed by atoms with Gasteiger partial charge in [0.25, 0.3) is 0 Å². The Bertz CT molecular complexity index is 1190. The molecule has 0 aliphatic heterocycles. The van der Waals surface area contributed by atoms with Gasteiger partial charge in [-0.25, -0.2) is 9.18 Å². The molecule has 1 fully saturated rings. The number of halogens is 1. The topological polar surface area (TPSA) is 111 Å². The third-order valence-corrected chi connectivity index (χ3v) is 6.11. The van der Waals surface area contributed by atoms with E-state index in [2.05, 4.69) is 10.6 Å². The highest BCUT2D eigenvalue weighted by molar-refractivity contribution is 5.97. The molecule has 0 bridgehead atoms. The number of hydrogen-bond acceptors (Lipinski definition) is 4. The second kappa shape index (κ2) is 10.4. The fourth-order valence-electron chi connectivity index (χ4n) is 4.11. The highest BCUT2D eigenvalue weighted by Gasteiger charge is 2.62. The van der Waals surface area contributed by atoms with Gasteiger partial charge in [-0.05, 0) is 35.2 Å². The molecule has 1 aliphatic rings. The van der Waals surface area contributed by atoms with Gasteiger partial charge in [-0.3, -0.25) is 9.59 Å². The molecule has 4 rings (SSSR count). The first-order chi connectivity index (χ1) is 16.9. The summed E-state index contributed by atoms with van der Waals surface area (Å²) in [4.78, 5) is 38.2. The van der Waals surface area contributed by atoms with Crippen molar-refractivity contribution >= 4 is 17.9 Å². The number of nitrogens with one attached hydrogen (secondary N) is 2. The molecule has 4 N–H and O–H groups in total. The first-order valence-electron chi connectivity index (χ1n) is 11.3. The number of carbonyl (C=O) groups excluding carboxylic acids is 3. The van der Waals surface area contributed by atoms with Crippen molar-refractivity contribution in [3.05, 3.63) is 107 Å². The van der Waals surface area contributed by atoms with Gasteiger partial charge in [0, 0.05) is 12.3 Å². The summed E-state index contributed by atoms with van der Waals surface area (Å²) in [5.74, 6) is -2.07. The predicted octanol–water partition coefficient (Wildman–Crippen LogP) is 3.19. The molecular weight excluding hydrogens is 449 g/mol. The average molecular weight is 476 g/mol. The molecule has 0 saturated heterocycles. The van der Waals surface area contributed by atoms with Gasteiger partial charge in [0.15, 0.2) is 0 Å². The molecule has 8 heteroatoms. The van der Waals surface area contributed by atoms with Crippen LogP contribution in [0.25, 0.3) is 0 Å². The summed E-state index contributed by atoms with van der Waals surface area (Å²) in [6.07, 6.45) is -0.299. The van der Waals surface area contributed by atoms with Gasteiger partial charge in [-0.1, -0.05) is 72.8 Å². The lowest BCUT2D eigenvalue weighted by Gasteiger charge is -2.23. The number of nitrogens with two attached hydrogens (primary N) is 1. The first-order valence-corrected chi connectivity index (χ1v) is 11.3. The summed E-state index contributed by atoms with van der Waals surface area (Å²) in [5.41, 5.74) is 6.52. The van der Waals surface area contributed by atoms with Crippen molar-refractivity contribution < 1.29 is 23.5 Å². The Kier molecular flexibility index (Phi) is 7.10. The molecule has 0 heterocycles. The summed E-state index contributed by atoms with van der Waals surface area (Å²) in [5, 5.41) is 5.39. The van der Waals surface area contributed by atoms with Gasteiger partial charge in [-0.15, -0.1) is 0 Å². The van der Waals surface area contributed by atoms with Crippen LogP contribution in [-0.2, 0) is 27.4 Å². The van der Waals surface area contributed by atoms with E-state index in [4.69, 9.17) is 10.5 Å². The van der Waals surface area contributed by atoms with E-state index in [9.17, 15) is 18.8 Å². The van der Waals surface area contributed by atoms with Gasteiger partial charge in [0.2, 0.25) is 11.8 Å². The lowest BCUT2D eigenvalue weighted by Crippen LogP contribution is -2.56. The number of hydrogen-bond donors (Lipinski definition) is 3. The van der Waals surface area contributed by atoms with Crippen LogP contribution in [0.3, 0.4) is 0 Å². The zero-order valence-corrected chi connectivity index (χ0v) is 18.9. The maximum atomic E-state index is 13.4. The minimum Gasteiger partial charge on any atom is -0.445 e. The summed E-state index contributed by atoms with van der Waals surface area (Å²) >= 11 is 0. The Morgan fingerprint density at radius 3 is 2.14 bits per heavy atom. The van der Waals surface area contributed by atoms with E-state index in [0.29, 0.717) is 5.56 Å². The number of ether oxygens (including phenoxy) is 1. The SMILES string of the molecule is NC(=O)[C@H](Cc1ccccc1)NC(=O)C1(NC(=O)OCc2ccccc2)CC1c1ccc(F)cc1. The normalized spacial score (nSPS) is 19.3. The number of primary amides is 1. The van der Waals surface area contributed by atoms with Crippen LogP contribution in [0.4, 0.5) is 9.18 Å². The van der Waals surface area contributed by atoms with Crippen molar-refractivity contribution in [1.82, 2.24) is 10.6 Å². The van der Waals surface area contributed by atoms with E-state index < -0.39 is 41.2 Å². The van der Waals surface area contributed by atoms with E-state index >= 15 is 0 Å². The molecule has 3 amide bonds. The van der Waals surface area contributed by atoms with Crippen LogP contribution < -0.4 is 16.4 Å². The van der Waals surface area contributed by atoms with E-state index in [0.717, 1.165) is 11.1 Å². The highest BCUT2D eigenvalue weighted by atomic mass is 19.1. The van der Waals surface area contributed by atoms with E-state index in [1.54, 1.807) is 12.1 Å². The quantitative estimate of drug-likeness (QED) is 0.441. The van der Waals surface area contributed by atoms with Gasteiger partial charge in [0.05, 0.1) is 0 Å². The van der Waals surface area contributed by atoms with Crippen LogP contribution in [0, 0.1) is 5.82 Å². The molecule has 180 valence electrons. The van der Waals surface area contributed by atoms with Crippen molar-refractivity contribution in [2.24, 2.45) is 5.73 Å². The Morgan fingerprint density at radius 1 is 0.943 bits per heavy atom. The van der Waals surface area contributed by atoms with Gasteiger partial charge in [0.1, 0.15) is 24.0 Å². The molecule has 1 saturated carbocycles. The summed E-state index contributed by atoms with van der Waals surface area (Å²) < 4.78 is 18.8. The molecule has 1 aliphatic carbocycles. The van der Waals surface area contributed by atoms with Gasteiger partial charge < -0.3 is 21.1 Å². The van der Waals surface area contributed by atoms with Crippen LogP contribution in [0.5, 0.6) is 0 Å². The zero-order valence-electron chi connectivity index (χ0n) is 18.9. The van der Waals surface area contributed by atoms with Crippen molar-refractivity contribution in [2.75, 3.05) is 0 Å².